The molecule has 0 aromatic carbocycles. The monoisotopic (exact) mass is 267 g/mol. The van der Waals surface area contributed by atoms with Gasteiger partial charge in [-0.3, -0.25) is 0 Å². The van der Waals surface area contributed by atoms with Crippen molar-refractivity contribution in [3.8, 4) is 0 Å². The van der Waals surface area contributed by atoms with Gasteiger partial charge in [-0.1, -0.05) is 24.4 Å². The fourth-order valence-corrected chi connectivity index (χ4v) is 2.31. The van der Waals surface area contributed by atoms with Crippen LogP contribution in [0.5, 0.6) is 0 Å². The maximum atomic E-state index is 11.8. The molecule has 0 saturated heterocycles. The molecule has 0 spiro atoms. The Morgan fingerprint density at radius 1 is 1.37 bits per heavy atom. The number of carboxylic acid groups (broad SMARTS) is 1. The standard InChI is InChI=1S/C12H17N3O4/c16-10(17)12(5-2-1-3-6-12)14-11(18)13-8-9-4-7-19-15-9/h4,7H,1-3,5-6,8H2,(H,16,17)(H2,13,14,18). The number of carbonyl (C=O) groups excluding carboxylic acids is 1. The third-order valence-electron chi connectivity index (χ3n) is 3.39. The fourth-order valence-electron chi connectivity index (χ4n) is 2.31. The van der Waals surface area contributed by atoms with E-state index in [0.717, 1.165) is 19.3 Å². The molecule has 1 aliphatic rings. The average Bonchev–Trinajstić information content (AvgIpc) is 2.90. The topological polar surface area (TPSA) is 104 Å². The number of amides is 2. The molecule has 2 amide bonds. The fraction of sp³-hybridized carbons (Fsp3) is 0.583. The van der Waals surface area contributed by atoms with Gasteiger partial charge in [-0.05, 0) is 12.8 Å². The van der Waals surface area contributed by atoms with Crippen LogP contribution in [-0.4, -0.2) is 27.8 Å². The van der Waals surface area contributed by atoms with Crippen molar-refractivity contribution < 1.29 is 19.2 Å². The number of nitrogens with one attached hydrogen (secondary N) is 2. The van der Waals surface area contributed by atoms with Gasteiger partial charge in [0.2, 0.25) is 0 Å². The lowest BCUT2D eigenvalue weighted by atomic mass is 9.82. The minimum atomic E-state index is -1.13. The number of urea groups is 1. The van der Waals surface area contributed by atoms with Crippen molar-refractivity contribution in [2.24, 2.45) is 0 Å². The number of nitrogens with zero attached hydrogens (tertiary/aromatic N) is 1. The average molecular weight is 267 g/mol. The zero-order valence-electron chi connectivity index (χ0n) is 10.5. The number of hydrogen-bond acceptors (Lipinski definition) is 4. The molecule has 1 aromatic rings. The first kappa shape index (κ1) is 13.4. The van der Waals surface area contributed by atoms with Gasteiger partial charge in [0.15, 0.2) is 0 Å². The summed E-state index contributed by atoms with van der Waals surface area (Å²) < 4.78 is 4.64. The van der Waals surface area contributed by atoms with Crippen molar-refractivity contribution in [2.75, 3.05) is 0 Å². The molecule has 104 valence electrons. The molecule has 7 heteroatoms. The Hall–Kier alpha value is -2.05. The Labute approximate surface area is 110 Å². The van der Waals surface area contributed by atoms with E-state index in [4.69, 9.17) is 0 Å². The first-order valence-electron chi connectivity index (χ1n) is 6.31. The molecule has 0 bridgehead atoms. The van der Waals surface area contributed by atoms with Crippen molar-refractivity contribution in [1.29, 1.82) is 0 Å². The van der Waals surface area contributed by atoms with E-state index in [1.165, 1.54) is 6.26 Å². The molecule has 0 radical (unpaired) electrons. The summed E-state index contributed by atoms with van der Waals surface area (Å²) in [5.74, 6) is -0.969. The van der Waals surface area contributed by atoms with Crippen LogP contribution in [0.4, 0.5) is 4.79 Å². The zero-order valence-corrected chi connectivity index (χ0v) is 10.5. The molecule has 3 N–H and O–H groups in total. The highest BCUT2D eigenvalue weighted by Crippen LogP contribution is 2.28. The first-order chi connectivity index (χ1) is 9.12. The van der Waals surface area contributed by atoms with E-state index in [1.807, 2.05) is 0 Å². The lowest BCUT2D eigenvalue weighted by Gasteiger charge is -2.33. The van der Waals surface area contributed by atoms with E-state index in [-0.39, 0.29) is 6.54 Å². The van der Waals surface area contributed by atoms with Crippen molar-refractivity contribution >= 4 is 12.0 Å². The zero-order chi connectivity index (χ0) is 13.7. The van der Waals surface area contributed by atoms with Crippen LogP contribution < -0.4 is 10.6 Å². The minimum Gasteiger partial charge on any atom is -0.480 e. The molecule has 19 heavy (non-hydrogen) atoms. The van der Waals surface area contributed by atoms with Crippen LogP contribution >= 0.6 is 0 Å². The van der Waals surface area contributed by atoms with Crippen LogP contribution in [0.15, 0.2) is 16.9 Å². The second-order valence-corrected chi connectivity index (χ2v) is 4.75. The Kier molecular flexibility index (Phi) is 4.03. The van der Waals surface area contributed by atoms with Gasteiger partial charge in [0.25, 0.3) is 0 Å². The summed E-state index contributed by atoms with van der Waals surface area (Å²) in [6.45, 7) is 0.206. The third kappa shape index (κ3) is 3.24. The van der Waals surface area contributed by atoms with Crippen LogP contribution in [0.25, 0.3) is 0 Å². The highest BCUT2D eigenvalue weighted by atomic mass is 16.5. The van der Waals surface area contributed by atoms with Gasteiger partial charge in [0.1, 0.15) is 17.5 Å². The summed E-state index contributed by atoms with van der Waals surface area (Å²) in [5, 5.41) is 18.1. The van der Waals surface area contributed by atoms with Gasteiger partial charge in [0, 0.05) is 6.07 Å². The van der Waals surface area contributed by atoms with Crippen LogP contribution in [0.3, 0.4) is 0 Å². The Morgan fingerprint density at radius 3 is 2.68 bits per heavy atom. The molecule has 1 fully saturated rings. The highest BCUT2D eigenvalue weighted by molar-refractivity contribution is 5.86. The number of aliphatic carboxylic acids is 1. The van der Waals surface area contributed by atoms with E-state index < -0.39 is 17.5 Å². The largest absolute Gasteiger partial charge is 0.480 e. The number of rotatable bonds is 4. The normalized spacial score (nSPS) is 17.7. The van der Waals surface area contributed by atoms with Crippen molar-refractivity contribution in [1.82, 2.24) is 15.8 Å². The highest BCUT2D eigenvalue weighted by Gasteiger charge is 2.40. The van der Waals surface area contributed by atoms with Gasteiger partial charge in [-0.15, -0.1) is 0 Å². The first-order valence-corrected chi connectivity index (χ1v) is 6.31. The Balaban J connectivity index is 1.90. The second kappa shape index (κ2) is 5.73. The summed E-state index contributed by atoms with van der Waals surface area (Å²) in [7, 11) is 0. The van der Waals surface area contributed by atoms with Gasteiger partial charge >= 0.3 is 12.0 Å². The van der Waals surface area contributed by atoms with Crippen molar-refractivity contribution in [2.45, 2.75) is 44.2 Å². The third-order valence-corrected chi connectivity index (χ3v) is 3.39. The molecule has 1 saturated carbocycles. The molecule has 2 rings (SSSR count). The molecule has 7 nitrogen and oxygen atoms in total. The summed E-state index contributed by atoms with van der Waals surface area (Å²) in [6.07, 6.45) is 5.00. The van der Waals surface area contributed by atoms with E-state index in [9.17, 15) is 14.7 Å². The number of hydrogen-bond donors (Lipinski definition) is 3. The maximum Gasteiger partial charge on any atom is 0.329 e. The molecule has 0 unspecified atom stereocenters. The SMILES string of the molecule is O=C(NCc1ccon1)NC1(C(=O)O)CCCCC1. The molecule has 0 atom stereocenters. The molecule has 1 heterocycles. The number of aromatic nitrogens is 1. The van der Waals surface area contributed by atoms with Crippen LogP contribution in [-0.2, 0) is 11.3 Å². The smallest absolute Gasteiger partial charge is 0.329 e. The second-order valence-electron chi connectivity index (χ2n) is 4.75. The molecule has 1 aliphatic carbocycles. The van der Waals surface area contributed by atoms with Crippen molar-refractivity contribution in [3.05, 3.63) is 18.0 Å². The molecular weight excluding hydrogens is 250 g/mol. The van der Waals surface area contributed by atoms with Gasteiger partial charge < -0.3 is 20.3 Å². The van der Waals surface area contributed by atoms with Crippen LogP contribution in [0, 0.1) is 0 Å². The molecule has 0 aliphatic heterocycles. The molecule has 1 aromatic heterocycles. The lowest BCUT2D eigenvalue weighted by molar-refractivity contribution is -0.145. The van der Waals surface area contributed by atoms with Gasteiger partial charge in [-0.2, -0.15) is 0 Å². The lowest BCUT2D eigenvalue weighted by Crippen LogP contribution is -2.57. The van der Waals surface area contributed by atoms with E-state index in [0.29, 0.717) is 18.5 Å². The molecular formula is C12H17N3O4. The maximum absolute atomic E-state index is 11.8. The van der Waals surface area contributed by atoms with Crippen LogP contribution in [0.2, 0.25) is 0 Å². The van der Waals surface area contributed by atoms with E-state index in [1.54, 1.807) is 6.07 Å². The Morgan fingerprint density at radius 2 is 2.11 bits per heavy atom. The Bertz CT molecular complexity index is 438. The summed E-state index contributed by atoms with van der Waals surface area (Å²) in [4.78, 5) is 23.1. The number of carboxylic acids is 1. The summed E-state index contributed by atoms with van der Waals surface area (Å²) in [5.41, 5.74) is -0.547. The summed E-state index contributed by atoms with van der Waals surface area (Å²) in [6, 6.07) is 1.14. The van der Waals surface area contributed by atoms with E-state index >= 15 is 0 Å². The van der Waals surface area contributed by atoms with Crippen LogP contribution in [0.1, 0.15) is 37.8 Å². The van der Waals surface area contributed by atoms with Crippen molar-refractivity contribution in [3.63, 3.8) is 0 Å². The minimum absolute atomic E-state index is 0.206. The predicted molar refractivity (Wildman–Crippen MR) is 65.3 cm³/mol. The van der Waals surface area contributed by atoms with Gasteiger partial charge in [-0.25, -0.2) is 9.59 Å². The number of carbonyl (C=O) groups is 2. The summed E-state index contributed by atoms with van der Waals surface area (Å²) >= 11 is 0. The van der Waals surface area contributed by atoms with Gasteiger partial charge in [0.05, 0.1) is 6.54 Å². The predicted octanol–water partition coefficient (Wildman–Crippen LogP) is 1.26. The van der Waals surface area contributed by atoms with E-state index in [2.05, 4.69) is 20.3 Å². The quantitative estimate of drug-likeness (QED) is 0.761.